The molecule has 3 N–H and O–H groups in total. The van der Waals surface area contributed by atoms with E-state index in [1.165, 1.54) is 22.7 Å². The van der Waals surface area contributed by atoms with E-state index in [0.29, 0.717) is 16.7 Å². The Labute approximate surface area is 234 Å². The van der Waals surface area contributed by atoms with Crippen LogP contribution in [0.15, 0.2) is 54.6 Å². The fourth-order valence-corrected chi connectivity index (χ4v) is 6.73. The third-order valence-corrected chi connectivity index (χ3v) is 8.88. The average Bonchev–Trinajstić information content (AvgIpc) is 3.60. The van der Waals surface area contributed by atoms with Crippen molar-refractivity contribution < 1.29 is 14.7 Å². The maximum absolute atomic E-state index is 12.8. The SMILES string of the molecule is Cc1cccc(CC(=O)Nc2nnc([C@H]3CCC[C@H](c4nnc(NC(=O)C(CO)c5ccccc5)s4)C3)s2)c1. The van der Waals surface area contributed by atoms with E-state index in [0.717, 1.165) is 52.4 Å². The number of carbonyl (C=O) groups is 2. The molecule has 202 valence electrons. The van der Waals surface area contributed by atoms with Gasteiger partial charge in [0, 0.05) is 11.8 Å². The summed E-state index contributed by atoms with van der Waals surface area (Å²) in [4.78, 5) is 25.3. The normalized spacial score (nSPS) is 17.9. The number of carbonyl (C=O) groups excluding carboxylic acids is 2. The van der Waals surface area contributed by atoms with Gasteiger partial charge < -0.3 is 10.4 Å². The highest BCUT2D eigenvalue weighted by molar-refractivity contribution is 7.15. The van der Waals surface area contributed by atoms with Gasteiger partial charge in [0.15, 0.2) is 0 Å². The Bertz CT molecular complexity index is 1420. The van der Waals surface area contributed by atoms with Crippen LogP contribution in [0.25, 0.3) is 0 Å². The highest BCUT2D eigenvalue weighted by atomic mass is 32.1. The van der Waals surface area contributed by atoms with E-state index in [1.54, 1.807) is 0 Å². The number of rotatable bonds is 9. The zero-order chi connectivity index (χ0) is 27.2. The fraction of sp³-hybridized carbons (Fsp3) is 0.357. The molecule has 1 fully saturated rings. The van der Waals surface area contributed by atoms with Crippen molar-refractivity contribution in [1.29, 1.82) is 0 Å². The van der Waals surface area contributed by atoms with Crippen molar-refractivity contribution in [3.63, 3.8) is 0 Å². The molecule has 2 aromatic carbocycles. The van der Waals surface area contributed by atoms with Gasteiger partial charge in [-0.05, 0) is 37.3 Å². The summed E-state index contributed by atoms with van der Waals surface area (Å²) in [6, 6.07) is 17.1. The summed E-state index contributed by atoms with van der Waals surface area (Å²) in [5, 5.41) is 35.4. The molecule has 1 saturated carbocycles. The lowest BCUT2D eigenvalue weighted by Crippen LogP contribution is -2.23. The van der Waals surface area contributed by atoms with Crippen LogP contribution in [-0.2, 0) is 16.0 Å². The van der Waals surface area contributed by atoms with Crippen molar-refractivity contribution in [2.24, 2.45) is 0 Å². The molecule has 5 rings (SSSR count). The van der Waals surface area contributed by atoms with E-state index < -0.39 is 5.92 Å². The lowest BCUT2D eigenvalue weighted by molar-refractivity contribution is -0.118. The Hall–Kier alpha value is -3.54. The highest BCUT2D eigenvalue weighted by Crippen LogP contribution is 2.43. The number of hydrogen-bond donors (Lipinski definition) is 3. The zero-order valence-electron chi connectivity index (χ0n) is 21.5. The summed E-state index contributed by atoms with van der Waals surface area (Å²) in [6.45, 7) is 1.72. The molecule has 1 aliphatic carbocycles. The molecule has 11 heteroatoms. The molecule has 0 radical (unpaired) electrons. The third-order valence-electron chi connectivity index (χ3n) is 6.88. The second-order valence-corrected chi connectivity index (χ2v) is 11.8. The third kappa shape index (κ3) is 6.92. The van der Waals surface area contributed by atoms with E-state index in [2.05, 4.69) is 31.0 Å². The predicted molar refractivity (Wildman–Crippen MR) is 152 cm³/mol. The molecule has 0 saturated heterocycles. The van der Waals surface area contributed by atoms with E-state index in [9.17, 15) is 14.7 Å². The van der Waals surface area contributed by atoms with Crippen molar-refractivity contribution in [3.8, 4) is 0 Å². The van der Waals surface area contributed by atoms with Crippen LogP contribution in [-0.4, -0.2) is 43.9 Å². The first-order valence-electron chi connectivity index (χ1n) is 13.0. The van der Waals surface area contributed by atoms with E-state index in [4.69, 9.17) is 0 Å². The maximum atomic E-state index is 12.8. The molecule has 1 unspecified atom stereocenters. The van der Waals surface area contributed by atoms with Crippen LogP contribution in [0.1, 0.15) is 70.1 Å². The molecule has 3 atom stereocenters. The van der Waals surface area contributed by atoms with Crippen LogP contribution in [0.3, 0.4) is 0 Å². The first-order chi connectivity index (χ1) is 19.0. The van der Waals surface area contributed by atoms with Gasteiger partial charge in [-0.25, -0.2) is 0 Å². The number of aliphatic hydroxyl groups excluding tert-OH is 1. The van der Waals surface area contributed by atoms with Crippen LogP contribution in [0.5, 0.6) is 0 Å². The first-order valence-corrected chi connectivity index (χ1v) is 14.6. The quantitative estimate of drug-likeness (QED) is 0.261. The molecule has 0 aliphatic heterocycles. The number of aliphatic hydroxyl groups is 1. The van der Waals surface area contributed by atoms with Gasteiger partial charge in [0.05, 0.1) is 18.9 Å². The molecular formula is C28H30N6O3S2. The molecule has 1 aliphatic rings. The molecular weight excluding hydrogens is 532 g/mol. The summed E-state index contributed by atoms with van der Waals surface area (Å²) in [5.74, 6) is -0.649. The minimum atomic E-state index is -0.665. The van der Waals surface area contributed by atoms with Crippen LogP contribution < -0.4 is 10.6 Å². The van der Waals surface area contributed by atoms with Crippen molar-refractivity contribution in [1.82, 2.24) is 20.4 Å². The minimum absolute atomic E-state index is 0.107. The number of amides is 2. The Morgan fingerprint density at radius 2 is 1.59 bits per heavy atom. The number of benzene rings is 2. The van der Waals surface area contributed by atoms with Crippen molar-refractivity contribution in [3.05, 3.63) is 81.3 Å². The van der Waals surface area contributed by atoms with Crippen molar-refractivity contribution >= 4 is 44.8 Å². The Morgan fingerprint density at radius 1 is 0.923 bits per heavy atom. The topological polar surface area (TPSA) is 130 Å². The summed E-state index contributed by atoms with van der Waals surface area (Å²) in [7, 11) is 0. The van der Waals surface area contributed by atoms with Gasteiger partial charge >= 0.3 is 0 Å². The van der Waals surface area contributed by atoms with Gasteiger partial charge in [-0.2, -0.15) is 0 Å². The number of nitrogens with one attached hydrogen (secondary N) is 2. The van der Waals surface area contributed by atoms with E-state index >= 15 is 0 Å². The van der Waals surface area contributed by atoms with Crippen LogP contribution in [0.4, 0.5) is 10.3 Å². The Balaban J connectivity index is 1.17. The highest BCUT2D eigenvalue weighted by Gasteiger charge is 2.30. The Morgan fingerprint density at radius 3 is 2.23 bits per heavy atom. The number of aromatic nitrogens is 4. The lowest BCUT2D eigenvalue weighted by atomic mass is 9.82. The van der Waals surface area contributed by atoms with Gasteiger partial charge in [0.25, 0.3) is 0 Å². The first kappa shape index (κ1) is 27.0. The smallest absolute Gasteiger partial charge is 0.236 e. The monoisotopic (exact) mass is 562 g/mol. The van der Waals surface area contributed by atoms with Crippen molar-refractivity contribution in [2.75, 3.05) is 17.2 Å². The summed E-state index contributed by atoms with van der Waals surface area (Å²) in [6.07, 6.45) is 4.16. The van der Waals surface area contributed by atoms with Gasteiger partial charge in [-0.15, -0.1) is 20.4 Å². The number of nitrogens with zero attached hydrogens (tertiary/aromatic N) is 4. The molecule has 2 heterocycles. The molecule has 4 aromatic rings. The van der Waals surface area contributed by atoms with E-state index in [1.807, 2.05) is 61.5 Å². The van der Waals surface area contributed by atoms with Crippen LogP contribution in [0.2, 0.25) is 0 Å². The summed E-state index contributed by atoms with van der Waals surface area (Å²) < 4.78 is 0. The largest absolute Gasteiger partial charge is 0.395 e. The standard InChI is InChI=1S/C28H30N6O3S2/c1-17-7-5-8-18(13-17)14-23(36)29-27-33-31-25(38-27)20-11-6-12-21(15-20)26-32-34-28(39-26)30-24(37)22(16-35)19-9-3-2-4-10-19/h2-5,7-10,13,20-22,35H,6,11-12,14-16H2,1H3,(H,29,33,36)(H,30,34,37)/t20-,21-,22?/m0/s1. The minimum Gasteiger partial charge on any atom is -0.395 e. The molecule has 0 spiro atoms. The molecule has 9 nitrogen and oxygen atoms in total. The van der Waals surface area contributed by atoms with Crippen LogP contribution in [0, 0.1) is 6.92 Å². The average molecular weight is 563 g/mol. The fourth-order valence-electron chi connectivity index (χ4n) is 4.93. The van der Waals surface area contributed by atoms with Gasteiger partial charge in [-0.3, -0.25) is 14.9 Å². The molecule has 2 amide bonds. The van der Waals surface area contributed by atoms with E-state index in [-0.39, 0.29) is 30.3 Å². The van der Waals surface area contributed by atoms with Gasteiger partial charge in [0.1, 0.15) is 10.0 Å². The van der Waals surface area contributed by atoms with Gasteiger partial charge in [0.2, 0.25) is 22.1 Å². The van der Waals surface area contributed by atoms with Gasteiger partial charge in [-0.1, -0.05) is 89.3 Å². The zero-order valence-corrected chi connectivity index (χ0v) is 23.2. The lowest BCUT2D eigenvalue weighted by Gasteiger charge is -2.25. The summed E-state index contributed by atoms with van der Waals surface area (Å²) >= 11 is 2.81. The summed E-state index contributed by atoms with van der Waals surface area (Å²) in [5.41, 5.74) is 2.84. The molecule has 39 heavy (non-hydrogen) atoms. The predicted octanol–water partition coefficient (Wildman–Crippen LogP) is 5.04. The van der Waals surface area contributed by atoms with Crippen molar-refractivity contribution in [2.45, 2.75) is 56.8 Å². The second kappa shape index (κ2) is 12.5. The maximum Gasteiger partial charge on any atom is 0.236 e. The molecule has 0 bridgehead atoms. The number of aryl methyl sites for hydroxylation is 1. The number of hydrogen-bond acceptors (Lipinski definition) is 9. The second-order valence-electron chi connectivity index (χ2n) is 9.80. The number of anilines is 2. The molecule has 2 aromatic heterocycles. The van der Waals surface area contributed by atoms with Crippen LogP contribution >= 0.6 is 22.7 Å². The Kier molecular flexibility index (Phi) is 8.70.